The van der Waals surface area contributed by atoms with Crippen molar-refractivity contribution in [2.45, 2.75) is 0 Å². The van der Waals surface area contributed by atoms with Crippen LogP contribution in [-0.4, -0.2) is 32.7 Å². The molecule has 0 spiro atoms. The molecule has 0 aromatic heterocycles. The molecule has 0 radical (unpaired) electrons. The number of nitrogens with zero attached hydrogens (tertiary/aromatic N) is 1. The second kappa shape index (κ2) is 7.14. The number of ether oxygens (including phenoxy) is 1. The Bertz CT molecular complexity index is 454. The minimum absolute atomic E-state index is 0.0995. The zero-order valence-corrected chi connectivity index (χ0v) is 10.2. The van der Waals surface area contributed by atoms with Gasteiger partial charge in [0.15, 0.2) is 0 Å². The van der Waals surface area contributed by atoms with Crippen LogP contribution in [0.5, 0.6) is 0 Å². The van der Waals surface area contributed by atoms with Gasteiger partial charge in [-0.3, -0.25) is 4.79 Å². The molecule has 1 aromatic rings. The van der Waals surface area contributed by atoms with Crippen molar-refractivity contribution in [2.75, 3.05) is 37.9 Å². The fraction of sp³-hybridized carbons (Fsp3) is 0.333. The molecule has 0 fully saturated rings. The number of nitrogens with two attached hydrogens (primary N) is 1. The Morgan fingerprint density at radius 3 is 3.00 bits per heavy atom. The molecule has 0 aliphatic carbocycles. The predicted octanol–water partition coefficient (Wildman–Crippen LogP) is 0.315. The van der Waals surface area contributed by atoms with Gasteiger partial charge in [0.2, 0.25) is 5.91 Å². The van der Waals surface area contributed by atoms with E-state index in [-0.39, 0.29) is 12.5 Å². The van der Waals surface area contributed by atoms with Crippen LogP contribution in [0.4, 0.5) is 11.4 Å². The Kier molecular flexibility index (Phi) is 5.48. The van der Waals surface area contributed by atoms with Crippen LogP contribution < -0.4 is 16.4 Å². The van der Waals surface area contributed by atoms with Crippen LogP contribution in [-0.2, 0) is 9.53 Å². The summed E-state index contributed by atoms with van der Waals surface area (Å²) in [6.45, 7) is 1.03. The van der Waals surface area contributed by atoms with Crippen molar-refractivity contribution < 1.29 is 9.53 Å². The molecule has 0 bridgehead atoms. The summed E-state index contributed by atoms with van der Waals surface area (Å²) in [6, 6.07) is 6.93. The van der Waals surface area contributed by atoms with Gasteiger partial charge in [0.1, 0.15) is 6.07 Å². The Morgan fingerprint density at radius 2 is 2.33 bits per heavy atom. The van der Waals surface area contributed by atoms with Gasteiger partial charge in [0.05, 0.1) is 24.4 Å². The maximum absolute atomic E-state index is 11.4. The van der Waals surface area contributed by atoms with Crippen LogP contribution in [0.2, 0.25) is 0 Å². The predicted molar refractivity (Wildman–Crippen MR) is 68.9 cm³/mol. The fourth-order valence-electron chi connectivity index (χ4n) is 1.34. The lowest BCUT2D eigenvalue weighted by atomic mass is 10.1. The maximum atomic E-state index is 11.4. The van der Waals surface area contributed by atoms with Gasteiger partial charge in [-0.1, -0.05) is 0 Å². The van der Waals surface area contributed by atoms with Gasteiger partial charge >= 0.3 is 0 Å². The minimum Gasteiger partial charge on any atom is -0.399 e. The highest BCUT2D eigenvalue weighted by Gasteiger charge is 2.04. The molecular weight excluding hydrogens is 232 g/mol. The van der Waals surface area contributed by atoms with Crippen molar-refractivity contribution in [3.05, 3.63) is 23.8 Å². The first kappa shape index (κ1) is 13.8. The number of carbonyl (C=O) groups is 1. The highest BCUT2D eigenvalue weighted by molar-refractivity contribution is 5.81. The van der Waals surface area contributed by atoms with E-state index in [1.54, 1.807) is 25.3 Å². The Hall–Kier alpha value is -2.26. The summed E-state index contributed by atoms with van der Waals surface area (Å²) in [5, 5.41) is 14.5. The number of anilines is 2. The third kappa shape index (κ3) is 4.31. The van der Waals surface area contributed by atoms with Gasteiger partial charge in [0, 0.05) is 19.3 Å². The molecular formula is C12H16N4O2. The summed E-state index contributed by atoms with van der Waals surface area (Å²) in [4.78, 5) is 11.4. The normalized spacial score (nSPS) is 9.56. The molecule has 0 atom stereocenters. The number of nitrogen functional groups attached to an aromatic ring is 1. The zero-order valence-electron chi connectivity index (χ0n) is 10.2. The van der Waals surface area contributed by atoms with Crippen molar-refractivity contribution in [3.63, 3.8) is 0 Å². The molecule has 0 aliphatic rings. The maximum Gasteiger partial charge on any atom is 0.239 e. The molecule has 4 N–H and O–H groups in total. The third-order valence-corrected chi connectivity index (χ3v) is 2.23. The molecule has 0 aliphatic heterocycles. The topological polar surface area (TPSA) is 100 Å². The van der Waals surface area contributed by atoms with E-state index in [2.05, 4.69) is 10.6 Å². The highest BCUT2D eigenvalue weighted by Crippen LogP contribution is 2.17. The number of amides is 1. The molecule has 6 nitrogen and oxygen atoms in total. The van der Waals surface area contributed by atoms with Crippen molar-refractivity contribution in [1.29, 1.82) is 5.26 Å². The lowest BCUT2D eigenvalue weighted by molar-refractivity contribution is -0.119. The average molecular weight is 248 g/mol. The molecule has 1 aromatic carbocycles. The van der Waals surface area contributed by atoms with Gasteiger partial charge < -0.3 is 21.1 Å². The van der Waals surface area contributed by atoms with E-state index in [4.69, 9.17) is 15.7 Å². The standard InChI is InChI=1S/C12H16N4O2/c1-18-5-4-15-12(17)8-16-11-3-2-10(14)6-9(11)7-13/h2-3,6,16H,4-5,8,14H2,1H3,(H,15,17). The Morgan fingerprint density at radius 1 is 1.56 bits per heavy atom. The number of benzene rings is 1. The number of hydrogen-bond donors (Lipinski definition) is 3. The van der Waals surface area contributed by atoms with E-state index >= 15 is 0 Å². The smallest absolute Gasteiger partial charge is 0.239 e. The molecule has 0 unspecified atom stereocenters. The van der Waals surface area contributed by atoms with Crippen molar-refractivity contribution in [1.82, 2.24) is 5.32 Å². The van der Waals surface area contributed by atoms with Gasteiger partial charge in [0.25, 0.3) is 0 Å². The number of nitriles is 1. The van der Waals surface area contributed by atoms with E-state index in [1.807, 2.05) is 6.07 Å². The van der Waals surface area contributed by atoms with E-state index in [1.165, 1.54) is 0 Å². The van der Waals surface area contributed by atoms with Crippen molar-refractivity contribution >= 4 is 17.3 Å². The SMILES string of the molecule is COCCNC(=O)CNc1ccc(N)cc1C#N. The van der Waals surface area contributed by atoms with Gasteiger partial charge in [-0.25, -0.2) is 0 Å². The lowest BCUT2D eigenvalue weighted by Crippen LogP contribution is -2.32. The van der Waals surface area contributed by atoms with Gasteiger partial charge in [-0.2, -0.15) is 5.26 Å². The molecule has 1 amide bonds. The first-order valence-corrected chi connectivity index (χ1v) is 5.46. The number of methoxy groups -OCH3 is 1. The second-order valence-electron chi connectivity index (χ2n) is 3.61. The van der Waals surface area contributed by atoms with E-state index in [9.17, 15) is 4.79 Å². The summed E-state index contributed by atoms with van der Waals surface area (Å²) >= 11 is 0. The van der Waals surface area contributed by atoms with Crippen molar-refractivity contribution in [2.24, 2.45) is 0 Å². The van der Waals surface area contributed by atoms with Gasteiger partial charge in [-0.05, 0) is 18.2 Å². The summed E-state index contributed by atoms with van der Waals surface area (Å²) in [5.74, 6) is -0.159. The van der Waals surface area contributed by atoms with Gasteiger partial charge in [-0.15, -0.1) is 0 Å². The number of carbonyl (C=O) groups excluding carboxylic acids is 1. The molecule has 6 heteroatoms. The summed E-state index contributed by atoms with van der Waals surface area (Å²) in [6.07, 6.45) is 0. The molecule has 0 saturated carbocycles. The second-order valence-corrected chi connectivity index (χ2v) is 3.61. The molecule has 0 saturated heterocycles. The first-order valence-electron chi connectivity index (χ1n) is 5.46. The molecule has 18 heavy (non-hydrogen) atoms. The monoisotopic (exact) mass is 248 g/mol. The van der Waals surface area contributed by atoms with Crippen LogP contribution in [0.3, 0.4) is 0 Å². The first-order chi connectivity index (χ1) is 8.67. The van der Waals surface area contributed by atoms with Crippen LogP contribution in [0, 0.1) is 11.3 Å². The lowest BCUT2D eigenvalue weighted by Gasteiger charge is -2.09. The Balaban J connectivity index is 2.48. The Labute approximate surface area is 106 Å². The molecule has 0 heterocycles. The van der Waals surface area contributed by atoms with Crippen LogP contribution in [0.25, 0.3) is 0 Å². The van der Waals surface area contributed by atoms with E-state index < -0.39 is 0 Å². The zero-order chi connectivity index (χ0) is 13.4. The van der Waals surface area contributed by atoms with Crippen molar-refractivity contribution in [3.8, 4) is 6.07 Å². The molecule has 96 valence electrons. The quantitative estimate of drug-likeness (QED) is 0.497. The van der Waals surface area contributed by atoms with Crippen LogP contribution in [0.1, 0.15) is 5.56 Å². The average Bonchev–Trinajstić information content (AvgIpc) is 2.37. The largest absolute Gasteiger partial charge is 0.399 e. The number of nitrogens with one attached hydrogen (secondary N) is 2. The van der Waals surface area contributed by atoms with Crippen LogP contribution in [0.15, 0.2) is 18.2 Å². The molecule has 1 rings (SSSR count). The minimum atomic E-state index is -0.159. The third-order valence-electron chi connectivity index (χ3n) is 2.23. The number of rotatable bonds is 6. The summed E-state index contributed by atoms with van der Waals surface area (Å²) < 4.78 is 4.81. The van der Waals surface area contributed by atoms with E-state index in [0.717, 1.165) is 0 Å². The number of hydrogen-bond acceptors (Lipinski definition) is 5. The summed E-state index contributed by atoms with van der Waals surface area (Å²) in [5.41, 5.74) is 7.09. The van der Waals surface area contributed by atoms with E-state index in [0.29, 0.717) is 30.1 Å². The van der Waals surface area contributed by atoms with Crippen LogP contribution >= 0.6 is 0 Å². The highest BCUT2D eigenvalue weighted by atomic mass is 16.5. The fourth-order valence-corrected chi connectivity index (χ4v) is 1.34. The summed E-state index contributed by atoms with van der Waals surface area (Å²) in [7, 11) is 1.57.